The first-order chi connectivity index (χ1) is 9.56. The summed E-state index contributed by atoms with van der Waals surface area (Å²) in [6, 6.07) is 8.65. The molecule has 1 amide bonds. The standard InChI is InChI=1S/C15H15N3O2/c1-10-3-5-12(14(19)7-10)9-17-18-15(20)13-6-4-11(2)16-8-13/h3-9,19H,1-2H3,(H,18,20)/b17-9-. The van der Waals surface area contributed by atoms with Crippen molar-refractivity contribution < 1.29 is 9.90 Å². The molecule has 0 saturated carbocycles. The molecule has 1 aromatic heterocycles. The zero-order chi connectivity index (χ0) is 14.5. The number of hydrazone groups is 1. The van der Waals surface area contributed by atoms with Gasteiger partial charge in [-0.3, -0.25) is 9.78 Å². The molecule has 5 heteroatoms. The number of aromatic nitrogens is 1. The van der Waals surface area contributed by atoms with Crippen LogP contribution >= 0.6 is 0 Å². The van der Waals surface area contributed by atoms with E-state index in [-0.39, 0.29) is 11.7 Å². The van der Waals surface area contributed by atoms with Crippen LogP contribution in [0.1, 0.15) is 27.2 Å². The maximum Gasteiger partial charge on any atom is 0.272 e. The van der Waals surface area contributed by atoms with Crippen LogP contribution in [0.25, 0.3) is 0 Å². The first-order valence-electron chi connectivity index (χ1n) is 6.12. The highest BCUT2D eigenvalue weighted by Crippen LogP contribution is 2.15. The number of aromatic hydroxyl groups is 1. The van der Waals surface area contributed by atoms with E-state index in [0.717, 1.165) is 11.3 Å². The number of phenolic OH excluding ortho intramolecular Hbond substituents is 1. The summed E-state index contributed by atoms with van der Waals surface area (Å²) in [5.74, 6) is -0.222. The SMILES string of the molecule is Cc1ccc(/C=N\NC(=O)c2ccc(C)nc2)c(O)c1. The van der Waals surface area contributed by atoms with Crippen molar-refractivity contribution in [3.63, 3.8) is 0 Å². The Kier molecular flexibility index (Phi) is 4.10. The molecule has 0 atom stereocenters. The topological polar surface area (TPSA) is 74.6 Å². The second kappa shape index (κ2) is 5.97. The number of carbonyl (C=O) groups excluding carboxylic acids is 1. The van der Waals surface area contributed by atoms with E-state index in [0.29, 0.717) is 11.1 Å². The Morgan fingerprint density at radius 3 is 2.75 bits per heavy atom. The molecule has 5 nitrogen and oxygen atoms in total. The summed E-state index contributed by atoms with van der Waals surface area (Å²) in [5.41, 5.74) is 5.15. The predicted molar refractivity (Wildman–Crippen MR) is 76.9 cm³/mol. The van der Waals surface area contributed by atoms with Gasteiger partial charge in [-0.25, -0.2) is 5.43 Å². The number of hydrogen-bond acceptors (Lipinski definition) is 4. The van der Waals surface area contributed by atoms with Gasteiger partial charge in [-0.05, 0) is 43.7 Å². The Morgan fingerprint density at radius 2 is 2.10 bits per heavy atom. The molecule has 0 bridgehead atoms. The van der Waals surface area contributed by atoms with Crippen molar-refractivity contribution in [2.24, 2.45) is 5.10 Å². The first-order valence-corrected chi connectivity index (χ1v) is 6.12. The number of pyridine rings is 1. The van der Waals surface area contributed by atoms with Crippen molar-refractivity contribution in [1.82, 2.24) is 10.4 Å². The van der Waals surface area contributed by atoms with Crippen LogP contribution in [0.15, 0.2) is 41.6 Å². The minimum atomic E-state index is -0.347. The summed E-state index contributed by atoms with van der Waals surface area (Å²) in [6.45, 7) is 3.73. The highest BCUT2D eigenvalue weighted by atomic mass is 16.3. The number of carbonyl (C=O) groups is 1. The fourth-order valence-corrected chi connectivity index (χ4v) is 1.59. The molecule has 102 valence electrons. The summed E-state index contributed by atoms with van der Waals surface area (Å²) in [5, 5.41) is 13.5. The fourth-order valence-electron chi connectivity index (χ4n) is 1.59. The normalized spacial score (nSPS) is 10.7. The Bertz CT molecular complexity index is 649. The number of rotatable bonds is 3. The summed E-state index contributed by atoms with van der Waals surface area (Å²) in [7, 11) is 0. The smallest absolute Gasteiger partial charge is 0.272 e. The van der Waals surface area contributed by atoms with E-state index in [4.69, 9.17) is 0 Å². The van der Waals surface area contributed by atoms with Crippen LogP contribution in [0.4, 0.5) is 0 Å². The van der Waals surface area contributed by atoms with Gasteiger partial charge in [-0.2, -0.15) is 5.10 Å². The van der Waals surface area contributed by atoms with E-state index in [1.165, 1.54) is 12.4 Å². The van der Waals surface area contributed by atoms with Gasteiger partial charge in [0.05, 0.1) is 11.8 Å². The lowest BCUT2D eigenvalue weighted by atomic mass is 10.1. The molecular formula is C15H15N3O2. The number of nitrogens with zero attached hydrogens (tertiary/aromatic N) is 2. The van der Waals surface area contributed by atoms with Crippen molar-refractivity contribution >= 4 is 12.1 Å². The minimum Gasteiger partial charge on any atom is -0.507 e. The Morgan fingerprint density at radius 1 is 1.30 bits per heavy atom. The van der Waals surface area contributed by atoms with Gasteiger partial charge in [-0.15, -0.1) is 0 Å². The van der Waals surface area contributed by atoms with Crippen LogP contribution in [0.2, 0.25) is 0 Å². The van der Waals surface area contributed by atoms with Crippen LogP contribution in [-0.2, 0) is 0 Å². The molecule has 2 rings (SSSR count). The van der Waals surface area contributed by atoms with Crippen molar-refractivity contribution in [3.8, 4) is 5.75 Å². The molecule has 0 unspecified atom stereocenters. The molecule has 0 aliphatic heterocycles. The van der Waals surface area contributed by atoms with Gasteiger partial charge in [0.25, 0.3) is 5.91 Å². The van der Waals surface area contributed by atoms with E-state index >= 15 is 0 Å². The molecule has 0 aliphatic carbocycles. The van der Waals surface area contributed by atoms with Gasteiger partial charge >= 0.3 is 0 Å². The van der Waals surface area contributed by atoms with E-state index in [1.54, 1.807) is 24.3 Å². The summed E-state index contributed by atoms with van der Waals surface area (Å²) < 4.78 is 0. The van der Waals surface area contributed by atoms with Gasteiger partial charge < -0.3 is 5.11 Å². The van der Waals surface area contributed by atoms with Gasteiger partial charge in [0, 0.05) is 17.5 Å². The maximum absolute atomic E-state index is 11.8. The molecule has 2 aromatic rings. The van der Waals surface area contributed by atoms with Gasteiger partial charge in [0.1, 0.15) is 5.75 Å². The number of hydrogen-bond donors (Lipinski definition) is 2. The lowest BCUT2D eigenvalue weighted by Gasteiger charge is -2.01. The van der Waals surface area contributed by atoms with Gasteiger partial charge in [-0.1, -0.05) is 6.07 Å². The third kappa shape index (κ3) is 3.41. The second-order valence-electron chi connectivity index (χ2n) is 4.45. The Labute approximate surface area is 117 Å². The quantitative estimate of drug-likeness (QED) is 0.662. The molecule has 0 fully saturated rings. The van der Waals surface area contributed by atoms with Gasteiger partial charge in [0.15, 0.2) is 0 Å². The molecule has 1 heterocycles. The number of nitrogens with one attached hydrogen (secondary N) is 1. The molecule has 2 N–H and O–H groups in total. The molecule has 1 aromatic carbocycles. The van der Waals surface area contributed by atoms with Crippen LogP contribution in [-0.4, -0.2) is 22.2 Å². The average Bonchev–Trinajstić information content (AvgIpc) is 2.42. The fraction of sp³-hybridized carbons (Fsp3) is 0.133. The van der Waals surface area contributed by atoms with Crippen molar-refractivity contribution in [3.05, 3.63) is 58.9 Å². The molecular weight excluding hydrogens is 254 g/mol. The minimum absolute atomic E-state index is 0.125. The molecule has 0 aliphatic rings. The Hall–Kier alpha value is -2.69. The molecule has 20 heavy (non-hydrogen) atoms. The highest BCUT2D eigenvalue weighted by molar-refractivity contribution is 5.94. The summed E-state index contributed by atoms with van der Waals surface area (Å²) in [6.07, 6.45) is 2.89. The van der Waals surface area contributed by atoms with Crippen LogP contribution in [0.5, 0.6) is 5.75 Å². The largest absolute Gasteiger partial charge is 0.507 e. The monoisotopic (exact) mass is 269 g/mol. The Balaban J connectivity index is 2.02. The van der Waals surface area contributed by atoms with E-state index in [2.05, 4.69) is 15.5 Å². The van der Waals surface area contributed by atoms with E-state index < -0.39 is 0 Å². The third-order valence-corrected chi connectivity index (χ3v) is 2.73. The number of phenols is 1. The van der Waals surface area contributed by atoms with Crippen molar-refractivity contribution in [2.45, 2.75) is 13.8 Å². The van der Waals surface area contributed by atoms with Crippen LogP contribution in [0.3, 0.4) is 0 Å². The predicted octanol–water partition coefficient (Wildman–Crippen LogP) is 2.17. The molecule has 0 radical (unpaired) electrons. The highest BCUT2D eigenvalue weighted by Gasteiger charge is 2.04. The van der Waals surface area contributed by atoms with Crippen molar-refractivity contribution in [2.75, 3.05) is 0 Å². The van der Waals surface area contributed by atoms with Crippen LogP contribution in [0, 0.1) is 13.8 Å². The number of aryl methyl sites for hydroxylation is 2. The van der Waals surface area contributed by atoms with E-state index in [9.17, 15) is 9.90 Å². The molecule has 0 spiro atoms. The third-order valence-electron chi connectivity index (χ3n) is 2.73. The lowest BCUT2D eigenvalue weighted by Crippen LogP contribution is -2.17. The number of benzene rings is 1. The van der Waals surface area contributed by atoms with E-state index in [1.807, 2.05) is 19.9 Å². The summed E-state index contributed by atoms with van der Waals surface area (Å²) in [4.78, 5) is 15.8. The van der Waals surface area contributed by atoms with Crippen molar-refractivity contribution in [1.29, 1.82) is 0 Å². The zero-order valence-electron chi connectivity index (χ0n) is 11.3. The first kappa shape index (κ1) is 13.7. The van der Waals surface area contributed by atoms with Gasteiger partial charge in [0.2, 0.25) is 0 Å². The summed E-state index contributed by atoms with van der Waals surface area (Å²) >= 11 is 0. The lowest BCUT2D eigenvalue weighted by molar-refractivity contribution is 0.0954. The zero-order valence-corrected chi connectivity index (χ0v) is 11.3. The maximum atomic E-state index is 11.8. The van der Waals surface area contributed by atoms with Crippen LogP contribution < -0.4 is 5.43 Å². The number of amides is 1. The molecule has 0 saturated heterocycles. The average molecular weight is 269 g/mol. The second-order valence-corrected chi connectivity index (χ2v) is 4.45.